The minimum absolute atomic E-state index is 0.321. The molecular weight excluding hydrogens is 208 g/mol. The maximum Gasteiger partial charge on any atom is 0.109 e. The fourth-order valence-electron chi connectivity index (χ4n) is 2.20. The van der Waals surface area contributed by atoms with Gasteiger partial charge in [-0.2, -0.15) is 0 Å². The zero-order valence-electron chi connectivity index (χ0n) is 9.09. The first-order chi connectivity index (χ1) is 7.31. The van der Waals surface area contributed by atoms with E-state index in [0.29, 0.717) is 18.6 Å². The van der Waals surface area contributed by atoms with E-state index in [-0.39, 0.29) is 0 Å². The Balaban J connectivity index is 1.98. The number of rotatable bonds is 3. The number of aromatic nitrogens is 1. The van der Waals surface area contributed by atoms with Crippen molar-refractivity contribution in [3.8, 4) is 0 Å². The van der Waals surface area contributed by atoms with Crippen LogP contribution < -0.4 is 0 Å². The highest BCUT2D eigenvalue weighted by Crippen LogP contribution is 2.27. The summed E-state index contributed by atoms with van der Waals surface area (Å²) < 4.78 is 0. The predicted molar refractivity (Wildman–Crippen MR) is 61.9 cm³/mol. The molecule has 0 spiro atoms. The molecule has 1 saturated heterocycles. The summed E-state index contributed by atoms with van der Waals surface area (Å²) >= 11 is 1.72. The molecule has 1 aromatic heterocycles. The highest BCUT2D eigenvalue weighted by molar-refractivity contribution is 7.09. The Bertz CT molecular complexity index is 289. The van der Waals surface area contributed by atoms with Gasteiger partial charge in [0.15, 0.2) is 0 Å². The van der Waals surface area contributed by atoms with Crippen LogP contribution in [0.5, 0.6) is 0 Å². The molecule has 1 aliphatic heterocycles. The van der Waals surface area contributed by atoms with Crippen LogP contribution >= 0.6 is 11.3 Å². The van der Waals surface area contributed by atoms with Crippen molar-refractivity contribution in [1.82, 2.24) is 9.88 Å². The molecule has 84 valence electrons. The van der Waals surface area contributed by atoms with Gasteiger partial charge in [0.25, 0.3) is 0 Å². The van der Waals surface area contributed by atoms with Crippen LogP contribution in [0.25, 0.3) is 0 Å². The summed E-state index contributed by atoms with van der Waals surface area (Å²) in [5.41, 5.74) is 0. The third kappa shape index (κ3) is 2.56. The Morgan fingerprint density at radius 3 is 3.27 bits per heavy atom. The van der Waals surface area contributed by atoms with Crippen molar-refractivity contribution >= 4 is 11.3 Å². The second-order valence-corrected chi connectivity index (χ2v) is 5.16. The van der Waals surface area contributed by atoms with Gasteiger partial charge in [-0.15, -0.1) is 11.3 Å². The summed E-state index contributed by atoms with van der Waals surface area (Å²) in [6.45, 7) is 4.67. The number of aliphatic hydroxyl groups is 1. The number of hydrogen-bond donors (Lipinski definition) is 1. The Kier molecular flexibility index (Phi) is 3.72. The zero-order valence-corrected chi connectivity index (χ0v) is 9.91. The van der Waals surface area contributed by atoms with E-state index in [1.54, 1.807) is 11.3 Å². The Morgan fingerprint density at radius 2 is 2.60 bits per heavy atom. The minimum Gasteiger partial charge on any atom is -0.396 e. The number of piperidine rings is 1. The van der Waals surface area contributed by atoms with Crippen LogP contribution in [-0.4, -0.2) is 34.7 Å². The van der Waals surface area contributed by atoms with Crippen LogP contribution in [0.2, 0.25) is 0 Å². The van der Waals surface area contributed by atoms with Gasteiger partial charge in [0.05, 0.1) is 6.04 Å². The molecule has 2 rings (SSSR count). The van der Waals surface area contributed by atoms with Crippen LogP contribution in [0, 0.1) is 5.92 Å². The molecule has 0 radical (unpaired) electrons. The molecule has 2 heterocycles. The van der Waals surface area contributed by atoms with E-state index in [1.165, 1.54) is 11.4 Å². The van der Waals surface area contributed by atoms with Gasteiger partial charge in [-0.3, -0.25) is 4.90 Å². The summed E-state index contributed by atoms with van der Waals surface area (Å²) in [4.78, 5) is 6.79. The number of thiazole rings is 1. The van der Waals surface area contributed by atoms with Gasteiger partial charge in [-0.1, -0.05) is 0 Å². The lowest BCUT2D eigenvalue weighted by Crippen LogP contribution is -2.38. The molecule has 3 nitrogen and oxygen atoms in total. The quantitative estimate of drug-likeness (QED) is 0.855. The average Bonchev–Trinajstić information content (AvgIpc) is 2.81. The Hall–Kier alpha value is -0.450. The van der Waals surface area contributed by atoms with Gasteiger partial charge in [0.1, 0.15) is 5.01 Å². The standard InChI is InChI=1S/C11H18N2OS/c1-9(11-12-4-6-15-11)13-5-2-3-10(7-13)8-14/h4,6,9-10,14H,2-3,5,7-8H2,1H3/t9-,10+/m0/s1. The highest BCUT2D eigenvalue weighted by Gasteiger charge is 2.24. The van der Waals surface area contributed by atoms with Crippen molar-refractivity contribution in [3.63, 3.8) is 0 Å². The molecule has 0 unspecified atom stereocenters. The third-order valence-corrected chi connectivity index (χ3v) is 4.11. The molecule has 0 aliphatic carbocycles. The second-order valence-electron chi connectivity index (χ2n) is 4.23. The number of aliphatic hydroxyl groups excluding tert-OH is 1. The molecule has 0 amide bonds. The van der Waals surface area contributed by atoms with E-state index in [0.717, 1.165) is 19.5 Å². The van der Waals surface area contributed by atoms with Gasteiger partial charge in [0, 0.05) is 24.7 Å². The number of likely N-dealkylation sites (tertiary alicyclic amines) is 1. The number of hydrogen-bond acceptors (Lipinski definition) is 4. The van der Waals surface area contributed by atoms with E-state index < -0.39 is 0 Å². The number of nitrogens with zero attached hydrogens (tertiary/aromatic N) is 2. The maximum atomic E-state index is 9.18. The first-order valence-electron chi connectivity index (χ1n) is 5.55. The molecule has 15 heavy (non-hydrogen) atoms. The molecule has 0 saturated carbocycles. The molecule has 0 aromatic carbocycles. The smallest absolute Gasteiger partial charge is 0.109 e. The zero-order chi connectivity index (χ0) is 10.7. The first kappa shape index (κ1) is 11.0. The lowest BCUT2D eigenvalue weighted by atomic mass is 9.98. The maximum absolute atomic E-state index is 9.18. The predicted octanol–water partition coefficient (Wildman–Crippen LogP) is 1.91. The fourth-order valence-corrected chi connectivity index (χ4v) is 2.92. The molecule has 1 N–H and O–H groups in total. The summed E-state index contributed by atoms with van der Waals surface area (Å²) in [7, 11) is 0. The topological polar surface area (TPSA) is 36.4 Å². The molecule has 2 atom stereocenters. The van der Waals surface area contributed by atoms with Crippen LogP contribution in [0.1, 0.15) is 30.8 Å². The molecule has 4 heteroatoms. The lowest BCUT2D eigenvalue weighted by Gasteiger charge is -2.35. The van der Waals surface area contributed by atoms with Gasteiger partial charge in [-0.25, -0.2) is 4.98 Å². The third-order valence-electron chi connectivity index (χ3n) is 3.17. The monoisotopic (exact) mass is 226 g/mol. The molecule has 1 fully saturated rings. The first-order valence-corrected chi connectivity index (χ1v) is 6.43. The molecule has 1 aromatic rings. The summed E-state index contributed by atoms with van der Waals surface area (Å²) in [6, 6.07) is 0.402. The SMILES string of the molecule is C[C@@H](c1nccs1)N1CCC[C@@H](CO)C1. The summed E-state index contributed by atoms with van der Waals surface area (Å²) in [6.07, 6.45) is 4.22. The van der Waals surface area contributed by atoms with Gasteiger partial charge < -0.3 is 5.11 Å². The van der Waals surface area contributed by atoms with E-state index in [9.17, 15) is 5.11 Å². The van der Waals surface area contributed by atoms with Gasteiger partial charge >= 0.3 is 0 Å². The van der Waals surface area contributed by atoms with Gasteiger partial charge in [0.2, 0.25) is 0 Å². The second kappa shape index (κ2) is 5.05. The highest BCUT2D eigenvalue weighted by atomic mass is 32.1. The van der Waals surface area contributed by atoms with Crippen molar-refractivity contribution < 1.29 is 5.11 Å². The van der Waals surface area contributed by atoms with Crippen LogP contribution in [0.3, 0.4) is 0 Å². The average molecular weight is 226 g/mol. The largest absolute Gasteiger partial charge is 0.396 e. The van der Waals surface area contributed by atoms with Crippen molar-refractivity contribution in [2.24, 2.45) is 5.92 Å². The lowest BCUT2D eigenvalue weighted by molar-refractivity contribution is 0.0935. The van der Waals surface area contributed by atoms with E-state index >= 15 is 0 Å². The Morgan fingerprint density at radius 1 is 1.73 bits per heavy atom. The fraction of sp³-hybridized carbons (Fsp3) is 0.727. The molecular formula is C11H18N2OS. The van der Waals surface area contributed by atoms with Crippen LogP contribution in [0.4, 0.5) is 0 Å². The van der Waals surface area contributed by atoms with E-state index in [4.69, 9.17) is 0 Å². The molecule has 0 bridgehead atoms. The van der Waals surface area contributed by atoms with Crippen molar-refractivity contribution in [2.75, 3.05) is 19.7 Å². The van der Waals surface area contributed by atoms with Crippen molar-refractivity contribution in [1.29, 1.82) is 0 Å². The Labute approximate surface area is 94.8 Å². The minimum atomic E-state index is 0.321. The van der Waals surface area contributed by atoms with E-state index in [2.05, 4.69) is 16.8 Å². The summed E-state index contributed by atoms with van der Waals surface area (Å²) in [5, 5.41) is 12.4. The van der Waals surface area contributed by atoms with E-state index in [1.807, 2.05) is 11.6 Å². The van der Waals surface area contributed by atoms with Gasteiger partial charge in [-0.05, 0) is 32.2 Å². The normalized spacial score (nSPS) is 25.3. The van der Waals surface area contributed by atoms with Crippen LogP contribution in [0.15, 0.2) is 11.6 Å². The molecule has 1 aliphatic rings. The van der Waals surface area contributed by atoms with Crippen molar-refractivity contribution in [2.45, 2.75) is 25.8 Å². The summed E-state index contributed by atoms with van der Waals surface area (Å²) in [5.74, 6) is 0.459. The van der Waals surface area contributed by atoms with Crippen molar-refractivity contribution in [3.05, 3.63) is 16.6 Å². The van der Waals surface area contributed by atoms with Crippen LogP contribution in [-0.2, 0) is 0 Å².